The van der Waals surface area contributed by atoms with Crippen LogP contribution in [-0.4, -0.2) is 84.1 Å². The molecule has 0 unspecified atom stereocenters. The van der Waals surface area contributed by atoms with E-state index < -0.39 is 12.3 Å². The van der Waals surface area contributed by atoms with Crippen molar-refractivity contribution in [1.29, 1.82) is 0 Å². The van der Waals surface area contributed by atoms with Crippen molar-refractivity contribution < 1.29 is 30.0 Å². The molecule has 9 heavy (non-hydrogen) atoms. The fraction of sp³-hybridized carbons (Fsp3) is 0. The van der Waals surface area contributed by atoms with E-state index in [1.54, 1.807) is 0 Å². The second kappa shape index (κ2) is 11.0. The van der Waals surface area contributed by atoms with Gasteiger partial charge in [-0.05, 0) is 0 Å². The third-order valence-electron chi connectivity index (χ3n) is 0. The van der Waals surface area contributed by atoms with Gasteiger partial charge in [0.2, 0.25) is 0 Å². The third-order valence-corrected chi connectivity index (χ3v) is 0. The van der Waals surface area contributed by atoms with Gasteiger partial charge in [-0.2, -0.15) is 0 Å². The Bertz CT molecular complexity index is 69.1. The largest absolute Gasteiger partial charge is 0.503 e. The predicted molar refractivity (Wildman–Crippen MR) is 27.1 cm³/mol. The number of rotatable bonds is 0. The average molecular weight is 163 g/mol. The molecule has 0 saturated heterocycles. The molecule has 0 bridgehead atoms. The van der Waals surface area contributed by atoms with Gasteiger partial charge < -0.3 is 20.4 Å². The van der Waals surface area contributed by atoms with Gasteiger partial charge in [0.05, 0.1) is 0 Å². The molecule has 0 spiro atoms. The normalized spacial score (nSPS) is 5.33. The Balaban J connectivity index is -0.0000000720. The molecular weight excluding hydrogens is 159 g/mol. The smallest absolute Gasteiger partial charge is 0.450 e. The zero-order valence-electron chi connectivity index (χ0n) is 4.61. The first-order chi connectivity index (χ1) is 3.46. The van der Waals surface area contributed by atoms with Crippen LogP contribution in [0.2, 0.25) is 0 Å². The van der Waals surface area contributed by atoms with Crippen LogP contribution in [0.3, 0.4) is 0 Å². The summed E-state index contributed by atoms with van der Waals surface area (Å²) in [5, 5.41) is 27.9. The van der Waals surface area contributed by atoms with Gasteiger partial charge >= 0.3 is 12.3 Å². The summed E-state index contributed by atoms with van der Waals surface area (Å²) in [6.07, 6.45) is -3.67. The monoisotopic (exact) mass is 163 g/mol. The van der Waals surface area contributed by atoms with Gasteiger partial charge in [-0.25, -0.2) is 9.59 Å². The Kier molecular flexibility index (Phi) is 19.7. The zero-order valence-corrected chi connectivity index (χ0v) is 7.73. The first kappa shape index (κ1) is 16.1. The molecule has 0 saturated carbocycles. The Morgan fingerprint density at radius 1 is 0.778 bits per heavy atom. The Morgan fingerprint density at radius 2 is 0.778 bits per heavy atom. The molecule has 49 valence electrons. The molecule has 4 N–H and O–H groups in total. The first-order valence-corrected chi connectivity index (χ1v) is 1.30. The average Bonchev–Trinajstić information content (AvgIpc) is 1.25. The van der Waals surface area contributed by atoms with E-state index in [-0.39, 0.29) is 51.4 Å². The molecule has 0 rings (SSSR count). The summed E-state index contributed by atoms with van der Waals surface area (Å²) in [4.78, 5) is 17.1. The Labute approximate surface area is 92.5 Å². The standard InChI is InChI=1S/2CH2O3.K/c2*2-1(3)4;/h2*(H2,2,3,4);. The molecule has 0 aliphatic heterocycles. The summed E-state index contributed by atoms with van der Waals surface area (Å²) in [7, 11) is 0. The van der Waals surface area contributed by atoms with Crippen LogP contribution in [0.25, 0.3) is 0 Å². The van der Waals surface area contributed by atoms with Crippen LogP contribution in [0.15, 0.2) is 0 Å². The van der Waals surface area contributed by atoms with E-state index in [9.17, 15) is 0 Å². The second-order valence-corrected chi connectivity index (χ2v) is 0.565. The number of hydrogen-bond donors (Lipinski definition) is 4. The van der Waals surface area contributed by atoms with Crippen molar-refractivity contribution in [3.8, 4) is 0 Å². The molecular formula is C2H4KO6. The Hall–Kier alpha value is 0.176. The maximum absolute atomic E-state index is 8.56. The molecule has 0 atom stereocenters. The Morgan fingerprint density at radius 3 is 0.778 bits per heavy atom. The summed E-state index contributed by atoms with van der Waals surface area (Å²) in [6, 6.07) is 0. The van der Waals surface area contributed by atoms with Crippen molar-refractivity contribution in [3.63, 3.8) is 0 Å². The van der Waals surface area contributed by atoms with Gasteiger partial charge in [0.15, 0.2) is 0 Å². The van der Waals surface area contributed by atoms with E-state index in [1.807, 2.05) is 0 Å². The SMILES string of the molecule is O=C(O)O.O=C(O)O.[K]. The van der Waals surface area contributed by atoms with Crippen LogP contribution < -0.4 is 0 Å². The summed E-state index contributed by atoms with van der Waals surface area (Å²) in [5.74, 6) is 0. The molecule has 0 amide bonds. The van der Waals surface area contributed by atoms with Gasteiger partial charge in [0, 0.05) is 51.4 Å². The topological polar surface area (TPSA) is 115 Å². The second-order valence-electron chi connectivity index (χ2n) is 0.565. The van der Waals surface area contributed by atoms with Crippen LogP contribution in [-0.2, 0) is 0 Å². The molecule has 0 aromatic carbocycles. The minimum absolute atomic E-state index is 0. The van der Waals surface area contributed by atoms with E-state index in [0.717, 1.165) is 0 Å². The van der Waals surface area contributed by atoms with Crippen LogP contribution in [0.5, 0.6) is 0 Å². The molecule has 6 nitrogen and oxygen atoms in total. The van der Waals surface area contributed by atoms with Gasteiger partial charge in [-0.15, -0.1) is 0 Å². The van der Waals surface area contributed by atoms with Gasteiger partial charge in [0.25, 0.3) is 0 Å². The zero-order chi connectivity index (χ0) is 7.15. The minimum atomic E-state index is -1.83. The first-order valence-electron chi connectivity index (χ1n) is 1.30. The summed E-state index contributed by atoms with van der Waals surface area (Å²) in [5.41, 5.74) is 0. The van der Waals surface area contributed by atoms with Gasteiger partial charge in [-0.3, -0.25) is 0 Å². The van der Waals surface area contributed by atoms with E-state index in [1.165, 1.54) is 0 Å². The van der Waals surface area contributed by atoms with Crippen LogP contribution in [0, 0.1) is 0 Å². The molecule has 0 aliphatic carbocycles. The summed E-state index contributed by atoms with van der Waals surface area (Å²) < 4.78 is 0. The molecule has 1 radical (unpaired) electrons. The number of carbonyl (C=O) groups is 2. The van der Waals surface area contributed by atoms with Crippen molar-refractivity contribution >= 4 is 63.7 Å². The van der Waals surface area contributed by atoms with Crippen LogP contribution in [0.1, 0.15) is 0 Å². The van der Waals surface area contributed by atoms with Crippen molar-refractivity contribution in [2.24, 2.45) is 0 Å². The number of carboxylic acid groups (broad SMARTS) is 4. The minimum Gasteiger partial charge on any atom is -0.450 e. The summed E-state index contributed by atoms with van der Waals surface area (Å²) in [6.45, 7) is 0. The van der Waals surface area contributed by atoms with E-state index in [2.05, 4.69) is 0 Å². The fourth-order valence-electron chi connectivity index (χ4n) is 0. The van der Waals surface area contributed by atoms with Crippen molar-refractivity contribution in [2.75, 3.05) is 0 Å². The van der Waals surface area contributed by atoms with E-state index in [0.29, 0.717) is 0 Å². The fourth-order valence-corrected chi connectivity index (χ4v) is 0. The molecule has 7 heteroatoms. The van der Waals surface area contributed by atoms with Crippen LogP contribution >= 0.6 is 0 Å². The maximum atomic E-state index is 8.56. The van der Waals surface area contributed by atoms with Gasteiger partial charge in [-0.1, -0.05) is 0 Å². The summed E-state index contributed by atoms with van der Waals surface area (Å²) >= 11 is 0. The van der Waals surface area contributed by atoms with E-state index >= 15 is 0 Å². The van der Waals surface area contributed by atoms with Crippen LogP contribution in [0.4, 0.5) is 9.59 Å². The molecule has 0 aliphatic rings. The molecule has 0 aromatic rings. The van der Waals surface area contributed by atoms with Crippen molar-refractivity contribution in [2.45, 2.75) is 0 Å². The third kappa shape index (κ3) is 10000. The molecule has 0 heterocycles. The maximum Gasteiger partial charge on any atom is 0.503 e. The number of hydrogen-bond acceptors (Lipinski definition) is 2. The molecule has 0 aromatic heterocycles. The quantitative estimate of drug-likeness (QED) is 0.375. The van der Waals surface area contributed by atoms with Crippen molar-refractivity contribution in [3.05, 3.63) is 0 Å². The van der Waals surface area contributed by atoms with Crippen molar-refractivity contribution in [1.82, 2.24) is 0 Å². The molecule has 0 fully saturated rings. The predicted octanol–water partition coefficient (Wildman–Crippen LogP) is 0.0640. The van der Waals surface area contributed by atoms with E-state index in [4.69, 9.17) is 30.0 Å². The van der Waals surface area contributed by atoms with Gasteiger partial charge in [0.1, 0.15) is 0 Å².